The molecule has 0 aromatic heterocycles. The second-order valence-corrected chi connectivity index (χ2v) is 11.6. The minimum atomic E-state index is -0.376. The van der Waals surface area contributed by atoms with Crippen LogP contribution in [0.5, 0.6) is 0 Å². The van der Waals surface area contributed by atoms with Crippen LogP contribution in [0.4, 0.5) is 0 Å². The predicted molar refractivity (Wildman–Crippen MR) is 178 cm³/mol. The molecule has 1 fully saturated rings. The predicted octanol–water partition coefficient (Wildman–Crippen LogP) is 8.37. The summed E-state index contributed by atoms with van der Waals surface area (Å²) >= 11 is 0. The first-order valence-electron chi connectivity index (χ1n) is 16.0. The van der Waals surface area contributed by atoms with Gasteiger partial charge in [0.1, 0.15) is 6.10 Å². The summed E-state index contributed by atoms with van der Waals surface area (Å²) in [6.45, 7) is 11.9. The lowest BCUT2D eigenvalue weighted by Gasteiger charge is -2.26. The van der Waals surface area contributed by atoms with E-state index in [-0.39, 0.29) is 36.0 Å². The molecule has 0 bridgehead atoms. The van der Waals surface area contributed by atoms with Crippen LogP contribution in [0.2, 0.25) is 0 Å². The molecule has 6 nitrogen and oxygen atoms in total. The van der Waals surface area contributed by atoms with Crippen molar-refractivity contribution in [2.24, 2.45) is 11.8 Å². The van der Waals surface area contributed by atoms with Crippen LogP contribution < -0.4 is 0 Å². The number of allylic oxidation sites excluding steroid dienone is 1. The lowest BCUT2D eigenvalue weighted by molar-refractivity contribution is -0.143. The third kappa shape index (κ3) is 10.5. The van der Waals surface area contributed by atoms with Gasteiger partial charge in [-0.2, -0.15) is 0 Å². The minimum absolute atomic E-state index is 0.0633. The molecule has 45 heavy (non-hydrogen) atoms. The molecule has 0 saturated heterocycles. The number of carbonyl (C=O) groups excluding carboxylic acids is 2. The van der Waals surface area contributed by atoms with Gasteiger partial charge in [-0.3, -0.25) is 4.79 Å². The van der Waals surface area contributed by atoms with Crippen molar-refractivity contribution in [2.45, 2.75) is 64.3 Å². The Kier molecular flexibility index (Phi) is 13.6. The Bertz CT molecular complexity index is 1350. The molecule has 0 aliphatic heterocycles. The fraction of sp³-hybridized carbons (Fsp3) is 0.385. The van der Waals surface area contributed by atoms with Crippen molar-refractivity contribution in [1.82, 2.24) is 0 Å². The van der Waals surface area contributed by atoms with Crippen molar-refractivity contribution in [2.75, 3.05) is 19.8 Å². The van der Waals surface area contributed by atoms with Crippen LogP contribution in [0.3, 0.4) is 0 Å². The van der Waals surface area contributed by atoms with Crippen LogP contribution in [0.25, 0.3) is 11.1 Å². The van der Waals surface area contributed by atoms with Crippen molar-refractivity contribution in [3.63, 3.8) is 0 Å². The van der Waals surface area contributed by atoms with Gasteiger partial charge in [0.2, 0.25) is 0 Å². The van der Waals surface area contributed by atoms with Gasteiger partial charge in [-0.05, 0) is 60.4 Å². The van der Waals surface area contributed by atoms with Gasteiger partial charge in [-0.15, -0.1) is 6.58 Å². The monoisotopic (exact) mass is 610 g/mol. The van der Waals surface area contributed by atoms with E-state index < -0.39 is 0 Å². The van der Waals surface area contributed by atoms with Crippen LogP contribution in [0.15, 0.2) is 110 Å². The standard InChI is InChI=1S/C39H46O6/c1-4-13-34-35(28-42-27-30-15-8-6-9-16-30)37(25-36(34)44-26-29(3)14-12-19-38(40)43-24-5-2)45-39(41)33-22-20-32(21-23-33)31-17-10-7-11-18-31/h4,6-11,15-18,20-23,34-37H,1,3,5,12-14,19,24-28H2,2H3. The molecule has 0 spiro atoms. The van der Waals surface area contributed by atoms with Crippen LogP contribution in [0.1, 0.15) is 61.4 Å². The third-order valence-corrected chi connectivity index (χ3v) is 8.20. The molecule has 238 valence electrons. The number of rotatable bonds is 18. The van der Waals surface area contributed by atoms with E-state index in [1.54, 1.807) is 0 Å². The van der Waals surface area contributed by atoms with Crippen LogP contribution >= 0.6 is 0 Å². The normalized spacial score (nSPS) is 19.1. The van der Waals surface area contributed by atoms with Crippen molar-refractivity contribution in [3.8, 4) is 11.1 Å². The average molecular weight is 611 g/mol. The quantitative estimate of drug-likeness (QED) is 0.106. The number of esters is 2. The van der Waals surface area contributed by atoms with Gasteiger partial charge in [0.25, 0.3) is 0 Å². The largest absolute Gasteiger partial charge is 0.466 e. The molecule has 0 N–H and O–H groups in total. The van der Waals surface area contributed by atoms with E-state index in [0.717, 1.165) is 28.7 Å². The summed E-state index contributed by atoms with van der Waals surface area (Å²) in [7, 11) is 0. The molecule has 3 aromatic rings. The summed E-state index contributed by atoms with van der Waals surface area (Å²) in [6.07, 6.45) is 5.17. The molecular weight excluding hydrogens is 564 g/mol. The van der Waals surface area contributed by atoms with Gasteiger partial charge in [0.05, 0.1) is 38.1 Å². The highest BCUT2D eigenvalue weighted by Crippen LogP contribution is 2.40. The molecular formula is C39H46O6. The van der Waals surface area contributed by atoms with Gasteiger partial charge in [-0.1, -0.05) is 97.9 Å². The summed E-state index contributed by atoms with van der Waals surface area (Å²) in [4.78, 5) is 25.2. The van der Waals surface area contributed by atoms with Gasteiger partial charge < -0.3 is 18.9 Å². The fourth-order valence-corrected chi connectivity index (χ4v) is 5.80. The summed E-state index contributed by atoms with van der Waals surface area (Å²) in [5, 5.41) is 0. The maximum absolute atomic E-state index is 13.4. The van der Waals surface area contributed by atoms with E-state index in [1.165, 1.54) is 0 Å². The maximum atomic E-state index is 13.4. The number of hydrogen-bond donors (Lipinski definition) is 0. The minimum Gasteiger partial charge on any atom is -0.466 e. The van der Waals surface area contributed by atoms with Gasteiger partial charge in [-0.25, -0.2) is 4.79 Å². The van der Waals surface area contributed by atoms with Gasteiger partial charge in [0, 0.05) is 18.8 Å². The zero-order valence-electron chi connectivity index (χ0n) is 26.4. The molecule has 1 aliphatic rings. The molecule has 1 aliphatic carbocycles. The van der Waals surface area contributed by atoms with Gasteiger partial charge >= 0.3 is 11.9 Å². The summed E-state index contributed by atoms with van der Waals surface area (Å²) in [5.41, 5.74) is 4.65. The van der Waals surface area contributed by atoms with Crippen molar-refractivity contribution in [1.29, 1.82) is 0 Å². The van der Waals surface area contributed by atoms with Crippen LogP contribution in [0, 0.1) is 11.8 Å². The summed E-state index contributed by atoms with van der Waals surface area (Å²) in [6, 6.07) is 27.6. The molecule has 4 atom stereocenters. The van der Waals surface area contributed by atoms with E-state index in [4.69, 9.17) is 18.9 Å². The molecule has 0 radical (unpaired) electrons. The molecule has 0 heterocycles. The molecule has 3 aromatic carbocycles. The highest BCUT2D eigenvalue weighted by Gasteiger charge is 2.45. The van der Waals surface area contributed by atoms with E-state index in [0.29, 0.717) is 64.1 Å². The summed E-state index contributed by atoms with van der Waals surface area (Å²) < 4.78 is 24.0. The Morgan fingerprint density at radius 2 is 1.56 bits per heavy atom. The molecule has 4 unspecified atom stereocenters. The zero-order chi connectivity index (χ0) is 31.9. The SMILES string of the molecule is C=CCC1C(OCC(=C)CCCC(=O)OCCC)CC(OC(=O)c2ccc(-c3ccccc3)cc2)C1COCc1ccccc1. The fourth-order valence-electron chi connectivity index (χ4n) is 5.80. The third-order valence-electron chi connectivity index (χ3n) is 8.20. The second kappa shape index (κ2) is 18.1. The smallest absolute Gasteiger partial charge is 0.338 e. The molecule has 1 saturated carbocycles. The van der Waals surface area contributed by atoms with Crippen molar-refractivity contribution < 1.29 is 28.5 Å². The number of carbonyl (C=O) groups is 2. The lowest BCUT2D eigenvalue weighted by Crippen LogP contribution is -2.30. The van der Waals surface area contributed by atoms with E-state index in [1.807, 2.05) is 97.9 Å². The van der Waals surface area contributed by atoms with E-state index in [9.17, 15) is 9.59 Å². The number of ether oxygens (including phenoxy) is 4. The highest BCUT2D eigenvalue weighted by molar-refractivity contribution is 5.90. The molecule has 0 amide bonds. The van der Waals surface area contributed by atoms with Crippen molar-refractivity contribution in [3.05, 3.63) is 121 Å². The maximum Gasteiger partial charge on any atom is 0.338 e. The molecule has 4 rings (SSSR count). The lowest BCUT2D eigenvalue weighted by atomic mass is 9.91. The topological polar surface area (TPSA) is 71.1 Å². The first kappa shape index (κ1) is 33.9. The number of benzene rings is 3. The van der Waals surface area contributed by atoms with E-state index >= 15 is 0 Å². The van der Waals surface area contributed by atoms with E-state index in [2.05, 4.69) is 13.2 Å². The Morgan fingerprint density at radius 3 is 2.24 bits per heavy atom. The summed E-state index contributed by atoms with van der Waals surface area (Å²) in [5.74, 6) is -0.533. The Morgan fingerprint density at radius 1 is 0.867 bits per heavy atom. The van der Waals surface area contributed by atoms with Crippen LogP contribution in [-0.2, 0) is 30.3 Å². The Labute approximate surface area is 268 Å². The second-order valence-electron chi connectivity index (χ2n) is 11.6. The molecule has 6 heteroatoms. The van der Waals surface area contributed by atoms with Crippen molar-refractivity contribution >= 4 is 11.9 Å². The number of hydrogen-bond acceptors (Lipinski definition) is 6. The van der Waals surface area contributed by atoms with Crippen LogP contribution in [-0.4, -0.2) is 44.0 Å². The zero-order valence-corrected chi connectivity index (χ0v) is 26.4. The Hall–Kier alpha value is -4.00. The Balaban J connectivity index is 1.40. The average Bonchev–Trinajstić information content (AvgIpc) is 3.39. The highest BCUT2D eigenvalue weighted by atomic mass is 16.6. The first-order valence-corrected chi connectivity index (χ1v) is 16.0. The van der Waals surface area contributed by atoms with Gasteiger partial charge in [0.15, 0.2) is 0 Å². The first-order chi connectivity index (χ1) is 22.0.